The van der Waals surface area contributed by atoms with E-state index in [0.717, 1.165) is 5.82 Å². The van der Waals surface area contributed by atoms with Crippen molar-refractivity contribution in [1.29, 1.82) is 0 Å². The molecule has 2 heterocycles. The Kier molecular flexibility index (Phi) is 2.26. The Hall–Kier alpha value is -2.36. The fourth-order valence-corrected chi connectivity index (χ4v) is 1.85. The van der Waals surface area contributed by atoms with Gasteiger partial charge in [-0.3, -0.25) is 4.40 Å². The van der Waals surface area contributed by atoms with Crippen molar-refractivity contribution in [3.63, 3.8) is 0 Å². The van der Waals surface area contributed by atoms with Gasteiger partial charge in [-0.2, -0.15) is 0 Å². The molecular weight excluding hydrogens is 214 g/mol. The van der Waals surface area contributed by atoms with Gasteiger partial charge in [0, 0.05) is 12.6 Å². The van der Waals surface area contributed by atoms with Crippen molar-refractivity contribution in [2.24, 2.45) is 0 Å². The zero-order valence-electron chi connectivity index (χ0n) is 9.11. The second-order valence-corrected chi connectivity index (χ2v) is 3.87. The van der Waals surface area contributed by atoms with E-state index in [2.05, 4.69) is 10.2 Å². The average Bonchev–Trinajstić information content (AvgIpc) is 2.76. The Morgan fingerprint density at radius 2 is 1.82 bits per heavy atom. The third kappa shape index (κ3) is 1.73. The van der Waals surface area contributed by atoms with Gasteiger partial charge in [-0.15, -0.1) is 10.2 Å². The summed E-state index contributed by atoms with van der Waals surface area (Å²) in [5.41, 5.74) is 1.67. The summed E-state index contributed by atoms with van der Waals surface area (Å²) >= 11 is 0. The second-order valence-electron chi connectivity index (χ2n) is 3.87. The van der Waals surface area contributed by atoms with E-state index >= 15 is 0 Å². The van der Waals surface area contributed by atoms with Crippen molar-refractivity contribution in [1.82, 2.24) is 14.6 Å². The molecule has 0 unspecified atom stereocenters. The van der Waals surface area contributed by atoms with Crippen LogP contribution in [0.4, 0.5) is 0 Å². The average molecular weight is 225 g/mol. The van der Waals surface area contributed by atoms with Gasteiger partial charge in [0.1, 0.15) is 5.82 Å². The Morgan fingerprint density at radius 1 is 1.00 bits per heavy atom. The van der Waals surface area contributed by atoms with Crippen molar-refractivity contribution in [2.45, 2.75) is 6.42 Å². The highest BCUT2D eigenvalue weighted by molar-refractivity contribution is 5.52. The number of rotatable bonds is 2. The number of aromatic nitrogens is 3. The van der Waals surface area contributed by atoms with Crippen LogP contribution < -0.4 is 0 Å². The Bertz CT molecular complexity index is 646. The van der Waals surface area contributed by atoms with E-state index in [-0.39, 0.29) is 5.75 Å². The molecule has 0 bridgehead atoms. The van der Waals surface area contributed by atoms with E-state index < -0.39 is 0 Å². The van der Waals surface area contributed by atoms with E-state index in [0.29, 0.717) is 12.1 Å². The molecule has 3 rings (SSSR count). The van der Waals surface area contributed by atoms with E-state index in [9.17, 15) is 5.11 Å². The van der Waals surface area contributed by atoms with E-state index in [1.807, 2.05) is 40.9 Å². The van der Waals surface area contributed by atoms with Crippen LogP contribution in [0, 0.1) is 0 Å². The topological polar surface area (TPSA) is 50.4 Å². The maximum atomic E-state index is 9.63. The molecule has 0 radical (unpaired) electrons. The van der Waals surface area contributed by atoms with Gasteiger partial charge in [0.15, 0.2) is 5.75 Å². The highest BCUT2D eigenvalue weighted by atomic mass is 16.3. The minimum absolute atomic E-state index is 0.152. The first-order valence-electron chi connectivity index (χ1n) is 5.40. The highest BCUT2D eigenvalue weighted by Gasteiger charge is 2.08. The predicted octanol–water partition coefficient (Wildman–Crippen LogP) is 2.03. The minimum atomic E-state index is 0.152. The van der Waals surface area contributed by atoms with Gasteiger partial charge in [0.25, 0.3) is 0 Å². The number of hydrogen-bond acceptors (Lipinski definition) is 3. The van der Waals surface area contributed by atoms with Crippen LogP contribution in [0.2, 0.25) is 0 Å². The zero-order chi connectivity index (χ0) is 11.7. The van der Waals surface area contributed by atoms with E-state index in [1.54, 1.807) is 12.1 Å². The van der Waals surface area contributed by atoms with E-state index in [1.165, 1.54) is 5.56 Å². The quantitative estimate of drug-likeness (QED) is 0.726. The van der Waals surface area contributed by atoms with Crippen LogP contribution in [0.25, 0.3) is 5.65 Å². The first kappa shape index (κ1) is 9.84. The number of aromatic hydroxyl groups is 1. The predicted molar refractivity (Wildman–Crippen MR) is 63.9 cm³/mol. The Labute approximate surface area is 98.2 Å². The van der Waals surface area contributed by atoms with Gasteiger partial charge in [-0.25, -0.2) is 0 Å². The third-order valence-electron chi connectivity index (χ3n) is 2.69. The van der Waals surface area contributed by atoms with Crippen molar-refractivity contribution < 1.29 is 5.11 Å². The van der Waals surface area contributed by atoms with Crippen molar-refractivity contribution in [3.8, 4) is 5.75 Å². The second kappa shape index (κ2) is 3.90. The molecule has 0 saturated carbocycles. The fraction of sp³-hybridized carbons (Fsp3) is 0.0769. The first-order chi connectivity index (χ1) is 8.34. The summed E-state index contributed by atoms with van der Waals surface area (Å²) in [5.74, 6) is 0.974. The lowest BCUT2D eigenvalue weighted by Gasteiger charge is -2.00. The fourth-order valence-electron chi connectivity index (χ4n) is 1.85. The highest BCUT2D eigenvalue weighted by Crippen LogP contribution is 2.17. The molecule has 3 aromatic rings. The zero-order valence-corrected chi connectivity index (χ0v) is 9.11. The largest absolute Gasteiger partial charge is 0.504 e. The van der Waals surface area contributed by atoms with Gasteiger partial charge in [-0.1, -0.05) is 30.3 Å². The van der Waals surface area contributed by atoms with Crippen molar-refractivity contribution >= 4 is 5.65 Å². The van der Waals surface area contributed by atoms with Gasteiger partial charge in [0.05, 0.1) is 0 Å². The summed E-state index contributed by atoms with van der Waals surface area (Å²) in [6.07, 6.45) is 2.55. The summed E-state index contributed by atoms with van der Waals surface area (Å²) in [6, 6.07) is 13.5. The van der Waals surface area contributed by atoms with Gasteiger partial charge < -0.3 is 5.11 Å². The standard InChI is InChI=1S/C13H11N3O/c17-11-7-4-8-16-12(14-15-13(11)16)9-10-5-2-1-3-6-10/h1-8,17H,9H2. The molecule has 2 aromatic heterocycles. The van der Waals surface area contributed by atoms with Crippen molar-refractivity contribution in [2.75, 3.05) is 0 Å². The summed E-state index contributed by atoms with van der Waals surface area (Å²) in [7, 11) is 0. The number of hydrogen-bond donors (Lipinski definition) is 1. The molecule has 4 heteroatoms. The number of fused-ring (bicyclic) bond motifs is 1. The lowest BCUT2D eigenvalue weighted by molar-refractivity contribution is 0.477. The third-order valence-corrected chi connectivity index (χ3v) is 2.69. The van der Waals surface area contributed by atoms with Crippen LogP contribution >= 0.6 is 0 Å². The lowest BCUT2D eigenvalue weighted by Crippen LogP contribution is -1.95. The molecular formula is C13H11N3O. The maximum absolute atomic E-state index is 9.63. The van der Waals surface area contributed by atoms with Crippen LogP contribution in [0.3, 0.4) is 0 Å². The number of nitrogens with zero attached hydrogens (tertiary/aromatic N) is 3. The van der Waals surface area contributed by atoms with Gasteiger partial charge in [0.2, 0.25) is 5.65 Å². The van der Waals surface area contributed by atoms with Gasteiger partial charge >= 0.3 is 0 Å². The molecule has 0 spiro atoms. The molecule has 0 atom stereocenters. The number of pyridine rings is 1. The summed E-state index contributed by atoms with van der Waals surface area (Å²) < 4.78 is 1.81. The first-order valence-corrected chi connectivity index (χ1v) is 5.40. The van der Waals surface area contributed by atoms with Crippen LogP contribution in [0.1, 0.15) is 11.4 Å². The molecule has 1 aromatic carbocycles. The van der Waals surface area contributed by atoms with Gasteiger partial charge in [-0.05, 0) is 17.7 Å². The SMILES string of the molecule is Oc1cccn2c(Cc3ccccc3)nnc12. The van der Waals surface area contributed by atoms with Crippen LogP contribution in [-0.2, 0) is 6.42 Å². The van der Waals surface area contributed by atoms with Crippen LogP contribution in [0.5, 0.6) is 5.75 Å². The molecule has 0 aliphatic rings. The number of benzene rings is 1. The molecule has 4 nitrogen and oxygen atoms in total. The van der Waals surface area contributed by atoms with Crippen molar-refractivity contribution in [3.05, 3.63) is 60.0 Å². The molecule has 0 aliphatic carbocycles. The van der Waals surface area contributed by atoms with E-state index in [4.69, 9.17) is 0 Å². The Balaban J connectivity index is 2.05. The molecule has 0 saturated heterocycles. The minimum Gasteiger partial charge on any atom is -0.504 e. The molecule has 0 amide bonds. The summed E-state index contributed by atoms with van der Waals surface area (Å²) in [5, 5.41) is 17.7. The summed E-state index contributed by atoms with van der Waals surface area (Å²) in [6.45, 7) is 0. The molecule has 1 N–H and O–H groups in total. The monoisotopic (exact) mass is 225 g/mol. The van der Waals surface area contributed by atoms with Crippen LogP contribution in [0.15, 0.2) is 48.7 Å². The molecule has 84 valence electrons. The lowest BCUT2D eigenvalue weighted by atomic mass is 10.1. The smallest absolute Gasteiger partial charge is 0.203 e. The van der Waals surface area contributed by atoms with Crippen LogP contribution in [-0.4, -0.2) is 19.7 Å². The normalized spacial score (nSPS) is 10.8. The molecule has 17 heavy (non-hydrogen) atoms. The maximum Gasteiger partial charge on any atom is 0.203 e. The Morgan fingerprint density at radius 3 is 2.65 bits per heavy atom. The molecule has 0 aliphatic heterocycles. The molecule has 0 fully saturated rings. The summed E-state index contributed by atoms with van der Waals surface area (Å²) in [4.78, 5) is 0.